The van der Waals surface area contributed by atoms with Crippen LogP contribution in [-0.2, 0) is 19.2 Å². The summed E-state index contributed by atoms with van der Waals surface area (Å²) in [7, 11) is 0. The molecule has 2 heterocycles. The number of halogens is 2. The first-order valence-corrected chi connectivity index (χ1v) is 14.3. The molecule has 2 aliphatic carbocycles. The third-order valence-corrected chi connectivity index (χ3v) is 11.7. The average molecular weight is 630 g/mol. The van der Waals surface area contributed by atoms with Crippen LogP contribution in [0.3, 0.4) is 0 Å². The summed E-state index contributed by atoms with van der Waals surface area (Å²) < 4.78 is 5.64. The van der Waals surface area contributed by atoms with Gasteiger partial charge >= 0.3 is 5.97 Å². The van der Waals surface area contributed by atoms with Crippen LogP contribution in [-0.4, -0.2) is 39.9 Å². The van der Waals surface area contributed by atoms with Gasteiger partial charge in [-0.15, -0.1) is 0 Å². The zero-order valence-corrected chi connectivity index (χ0v) is 23.6. The van der Waals surface area contributed by atoms with E-state index in [1.165, 1.54) is 4.90 Å². The Hall–Kier alpha value is -2.52. The molecule has 2 aromatic carbocycles. The fraction of sp³-hybridized carbons (Fsp3) is 0.429. The molecule has 7 atom stereocenters. The molecule has 0 aromatic heterocycles. The van der Waals surface area contributed by atoms with Crippen LogP contribution in [0, 0.1) is 43.4 Å². The number of nitrogens with zero attached hydrogens (tertiary/aromatic N) is 2. The van der Waals surface area contributed by atoms with Crippen molar-refractivity contribution in [3.05, 3.63) is 53.6 Å². The van der Waals surface area contributed by atoms with Crippen LogP contribution in [0.1, 0.15) is 24.0 Å². The topological polar surface area (TPSA) is 84.0 Å². The highest BCUT2D eigenvalue weighted by Gasteiger charge is 2.66. The van der Waals surface area contributed by atoms with Gasteiger partial charge in [0.2, 0.25) is 17.7 Å². The standard InChI is InChI=1S/C28H26Br2N2O5/c1-13-5-3-4-6-19(13)31-12-15(10-21(31)33)28(36)37-16-7-8-20(14(2)9-16)32-26(34)22-17-11-18(23(22)27(32)35)25(30)24(17)29/h3-9,15,17-18,22-25H,10-12H2,1-2H3/t15-,17-,18-,22-,23-,24-,25+/m1/s1. The number of alkyl halides is 2. The first-order valence-electron chi connectivity index (χ1n) is 12.5. The van der Waals surface area contributed by atoms with Gasteiger partial charge in [-0.1, -0.05) is 50.1 Å². The highest BCUT2D eigenvalue weighted by Crippen LogP contribution is 2.60. The van der Waals surface area contributed by atoms with Gasteiger partial charge in [-0.3, -0.25) is 19.2 Å². The van der Waals surface area contributed by atoms with E-state index in [9.17, 15) is 19.2 Å². The first kappa shape index (κ1) is 24.8. The van der Waals surface area contributed by atoms with Crippen molar-refractivity contribution in [2.24, 2.45) is 29.6 Å². The Balaban J connectivity index is 1.17. The second kappa shape index (κ2) is 9.05. The van der Waals surface area contributed by atoms with Crippen molar-refractivity contribution < 1.29 is 23.9 Å². The van der Waals surface area contributed by atoms with Crippen molar-refractivity contribution >= 4 is 66.9 Å². The lowest BCUT2D eigenvalue weighted by atomic mass is 9.81. The number of carbonyl (C=O) groups is 4. The van der Waals surface area contributed by atoms with Crippen molar-refractivity contribution in [3.8, 4) is 5.75 Å². The van der Waals surface area contributed by atoms with Crippen molar-refractivity contribution in [1.29, 1.82) is 0 Å². The predicted octanol–water partition coefficient (Wildman–Crippen LogP) is 4.54. The Morgan fingerprint density at radius 1 is 0.892 bits per heavy atom. The molecule has 2 bridgehead atoms. The van der Waals surface area contributed by atoms with Crippen LogP contribution in [0.4, 0.5) is 11.4 Å². The van der Waals surface area contributed by atoms with E-state index < -0.39 is 11.9 Å². The van der Waals surface area contributed by atoms with E-state index >= 15 is 0 Å². The lowest BCUT2D eigenvalue weighted by Gasteiger charge is -2.28. The number of para-hydroxylation sites is 1. The summed E-state index contributed by atoms with van der Waals surface area (Å²) in [6.07, 6.45) is 0.973. The van der Waals surface area contributed by atoms with Gasteiger partial charge in [0.1, 0.15) is 5.75 Å². The van der Waals surface area contributed by atoms with Crippen molar-refractivity contribution in [3.63, 3.8) is 0 Å². The van der Waals surface area contributed by atoms with E-state index in [1.54, 1.807) is 30.0 Å². The molecule has 4 fully saturated rings. The normalized spacial score (nSPS) is 32.4. The van der Waals surface area contributed by atoms with Crippen LogP contribution in [0.15, 0.2) is 42.5 Å². The summed E-state index contributed by atoms with van der Waals surface area (Å²) in [6.45, 7) is 4.00. The minimum Gasteiger partial charge on any atom is -0.426 e. The maximum Gasteiger partial charge on any atom is 0.316 e. The van der Waals surface area contributed by atoms with E-state index in [0.29, 0.717) is 17.0 Å². The molecule has 2 saturated heterocycles. The summed E-state index contributed by atoms with van der Waals surface area (Å²) in [4.78, 5) is 55.6. The molecule has 7 nitrogen and oxygen atoms in total. The summed E-state index contributed by atoms with van der Waals surface area (Å²) in [5, 5.41) is 0. The number of benzene rings is 2. The Bertz CT molecular complexity index is 1310. The summed E-state index contributed by atoms with van der Waals surface area (Å²) in [5.74, 6) is -1.38. The molecule has 2 saturated carbocycles. The quantitative estimate of drug-likeness (QED) is 0.215. The minimum atomic E-state index is -0.571. The zero-order chi connectivity index (χ0) is 26.2. The minimum absolute atomic E-state index is 0.0925. The number of ether oxygens (including phenoxy) is 1. The number of carbonyl (C=O) groups excluding carboxylic acids is 4. The summed E-state index contributed by atoms with van der Waals surface area (Å²) in [5.41, 5.74) is 2.98. The predicted molar refractivity (Wildman–Crippen MR) is 145 cm³/mol. The largest absolute Gasteiger partial charge is 0.426 e. The number of aryl methyl sites for hydroxylation is 2. The number of rotatable bonds is 4. The van der Waals surface area contributed by atoms with E-state index in [0.717, 1.165) is 17.7 Å². The van der Waals surface area contributed by atoms with Gasteiger partial charge in [0.05, 0.1) is 23.4 Å². The number of hydrogen-bond acceptors (Lipinski definition) is 5. The Labute approximate surface area is 231 Å². The molecule has 0 spiro atoms. The average Bonchev–Trinajstić information content (AvgIpc) is 3.58. The molecular formula is C28H26Br2N2O5. The third kappa shape index (κ3) is 3.80. The SMILES string of the molecule is Cc1ccccc1N1C[C@H](C(=O)Oc2ccc(N3C(=O)[C@@H]4[C@H]5C[C@@H]([C@@H](Br)[C@H]5Br)[C@H]4C3=O)c(C)c2)CC1=O. The van der Waals surface area contributed by atoms with E-state index in [4.69, 9.17) is 4.74 Å². The number of fused-ring (bicyclic) bond motifs is 5. The molecule has 37 heavy (non-hydrogen) atoms. The Kier molecular flexibility index (Phi) is 6.06. The highest BCUT2D eigenvalue weighted by atomic mass is 79.9. The number of anilines is 2. The number of amides is 3. The molecule has 9 heteroatoms. The monoisotopic (exact) mass is 628 g/mol. The van der Waals surface area contributed by atoms with Gasteiger partial charge in [-0.2, -0.15) is 0 Å². The van der Waals surface area contributed by atoms with Crippen molar-refractivity contribution in [1.82, 2.24) is 0 Å². The van der Waals surface area contributed by atoms with Gasteiger partial charge in [-0.05, 0) is 67.5 Å². The number of imide groups is 1. The molecule has 6 rings (SSSR count). The second-order valence-corrected chi connectivity index (χ2v) is 12.7. The molecule has 0 radical (unpaired) electrons. The fourth-order valence-corrected chi connectivity index (χ4v) is 8.57. The second-order valence-electron chi connectivity index (χ2n) is 10.6. The lowest BCUT2D eigenvalue weighted by Crippen LogP contribution is -2.37. The number of hydrogen-bond donors (Lipinski definition) is 0. The molecule has 4 aliphatic rings. The third-order valence-electron chi connectivity index (χ3n) is 8.48. The van der Waals surface area contributed by atoms with E-state index in [-0.39, 0.29) is 64.0 Å². The van der Waals surface area contributed by atoms with Crippen molar-refractivity contribution in [2.75, 3.05) is 16.3 Å². The van der Waals surface area contributed by atoms with Crippen LogP contribution in [0.2, 0.25) is 0 Å². The molecule has 2 aliphatic heterocycles. The smallest absolute Gasteiger partial charge is 0.316 e. The Morgan fingerprint density at radius 2 is 1.54 bits per heavy atom. The fourth-order valence-electron chi connectivity index (χ4n) is 6.69. The summed E-state index contributed by atoms with van der Waals surface area (Å²) in [6, 6.07) is 12.5. The van der Waals surface area contributed by atoms with Crippen LogP contribution in [0.5, 0.6) is 5.75 Å². The van der Waals surface area contributed by atoms with Crippen LogP contribution in [0.25, 0.3) is 0 Å². The molecular weight excluding hydrogens is 604 g/mol. The summed E-state index contributed by atoms with van der Waals surface area (Å²) >= 11 is 7.44. The van der Waals surface area contributed by atoms with Crippen LogP contribution >= 0.6 is 31.9 Å². The maximum absolute atomic E-state index is 13.4. The highest BCUT2D eigenvalue weighted by molar-refractivity contribution is 9.12. The molecule has 0 unspecified atom stereocenters. The zero-order valence-electron chi connectivity index (χ0n) is 20.4. The number of esters is 1. The van der Waals surface area contributed by atoms with Crippen molar-refractivity contribution in [2.45, 2.75) is 36.3 Å². The molecule has 0 N–H and O–H groups in total. The van der Waals surface area contributed by atoms with Gasteiger partial charge in [-0.25, -0.2) is 4.90 Å². The maximum atomic E-state index is 13.4. The lowest BCUT2D eigenvalue weighted by molar-refractivity contribution is -0.139. The van der Waals surface area contributed by atoms with Gasteiger partial charge in [0, 0.05) is 28.3 Å². The molecule has 192 valence electrons. The van der Waals surface area contributed by atoms with Gasteiger partial charge in [0.25, 0.3) is 0 Å². The van der Waals surface area contributed by atoms with E-state index in [1.807, 2.05) is 31.2 Å². The molecule has 2 aromatic rings. The first-order chi connectivity index (χ1) is 17.7. The van der Waals surface area contributed by atoms with Gasteiger partial charge in [0.15, 0.2) is 0 Å². The Morgan fingerprint density at radius 3 is 2.16 bits per heavy atom. The molecule has 3 amide bonds. The van der Waals surface area contributed by atoms with Crippen LogP contribution < -0.4 is 14.5 Å². The van der Waals surface area contributed by atoms with E-state index in [2.05, 4.69) is 31.9 Å². The van der Waals surface area contributed by atoms with Gasteiger partial charge < -0.3 is 9.64 Å².